The highest BCUT2D eigenvalue weighted by atomic mass is 16.3. The van der Waals surface area contributed by atoms with Gasteiger partial charge in [-0.05, 0) is 27.8 Å². The topological polar surface area (TPSA) is 23.2 Å². The third-order valence-electron chi connectivity index (χ3n) is 7.53. The third kappa shape index (κ3) is 3.58. The molecule has 1 fully saturated rings. The molecule has 0 aliphatic carbocycles. The minimum absolute atomic E-state index is 0.122. The van der Waals surface area contributed by atoms with Crippen LogP contribution in [-0.4, -0.2) is 22.6 Å². The Bertz CT molecular complexity index is 1270. The molecule has 0 spiro atoms. The highest BCUT2D eigenvalue weighted by Gasteiger charge is 2.61. The van der Waals surface area contributed by atoms with E-state index in [-0.39, 0.29) is 6.04 Å². The van der Waals surface area contributed by atoms with Crippen LogP contribution in [-0.2, 0) is 11.1 Å². The standard InChI is InChI=1S/C34H29NO/c36-34(30-22-12-4-13-23-30,31-24-14-5-15-25-31)32-26-35(32)33(27-16-6-1-7-17-27,28-18-8-2-9-19-28)29-20-10-3-11-21-29/h1-25,32,36H,26H2/t32-,35?/m1/s1. The van der Waals surface area contributed by atoms with E-state index in [9.17, 15) is 5.11 Å². The molecule has 0 amide bonds. The second-order valence-corrected chi connectivity index (χ2v) is 9.48. The van der Waals surface area contributed by atoms with Crippen LogP contribution in [0.25, 0.3) is 0 Å². The average molecular weight is 468 g/mol. The molecule has 1 unspecified atom stereocenters. The number of hydrogen-bond donors (Lipinski definition) is 1. The fourth-order valence-electron chi connectivity index (χ4n) is 5.84. The Hall–Kier alpha value is -3.98. The molecule has 6 rings (SSSR count). The molecule has 176 valence electrons. The Morgan fingerprint density at radius 3 is 1.03 bits per heavy atom. The minimum atomic E-state index is -1.16. The van der Waals surface area contributed by atoms with E-state index in [0.717, 1.165) is 17.7 Å². The lowest BCUT2D eigenvalue weighted by atomic mass is 9.76. The molecule has 36 heavy (non-hydrogen) atoms. The van der Waals surface area contributed by atoms with Gasteiger partial charge in [-0.25, -0.2) is 0 Å². The molecular weight excluding hydrogens is 438 g/mol. The van der Waals surface area contributed by atoms with Crippen LogP contribution in [0.1, 0.15) is 27.8 Å². The summed E-state index contributed by atoms with van der Waals surface area (Å²) >= 11 is 0. The van der Waals surface area contributed by atoms with Crippen molar-refractivity contribution in [2.75, 3.05) is 6.54 Å². The van der Waals surface area contributed by atoms with Gasteiger partial charge in [0.05, 0.1) is 11.6 Å². The summed E-state index contributed by atoms with van der Waals surface area (Å²) in [5.74, 6) is 0. The fraction of sp³-hybridized carbons (Fsp3) is 0.118. The second kappa shape index (κ2) is 9.23. The Morgan fingerprint density at radius 1 is 0.444 bits per heavy atom. The molecule has 1 aliphatic rings. The Morgan fingerprint density at radius 2 is 0.722 bits per heavy atom. The summed E-state index contributed by atoms with van der Waals surface area (Å²) in [5, 5.41) is 12.6. The van der Waals surface area contributed by atoms with E-state index in [1.54, 1.807) is 0 Å². The Kier molecular flexibility index (Phi) is 5.77. The van der Waals surface area contributed by atoms with Crippen molar-refractivity contribution < 1.29 is 5.11 Å². The summed E-state index contributed by atoms with van der Waals surface area (Å²) in [4.78, 5) is 2.47. The summed E-state index contributed by atoms with van der Waals surface area (Å²) < 4.78 is 0. The first-order valence-corrected chi connectivity index (χ1v) is 12.5. The molecular formula is C34H29NO. The van der Waals surface area contributed by atoms with Crippen molar-refractivity contribution in [3.05, 3.63) is 179 Å². The summed E-state index contributed by atoms with van der Waals surface area (Å²) in [5.41, 5.74) is 3.67. The lowest BCUT2D eigenvalue weighted by molar-refractivity contribution is 0.0551. The number of rotatable bonds is 7. The number of benzene rings is 5. The van der Waals surface area contributed by atoms with Crippen molar-refractivity contribution in [1.29, 1.82) is 0 Å². The maximum Gasteiger partial charge on any atom is 0.131 e. The quantitative estimate of drug-likeness (QED) is 0.215. The van der Waals surface area contributed by atoms with Crippen LogP contribution in [0.4, 0.5) is 0 Å². The maximum atomic E-state index is 12.6. The first kappa shape index (κ1) is 22.5. The first-order valence-electron chi connectivity index (χ1n) is 12.5. The van der Waals surface area contributed by atoms with Gasteiger partial charge in [0.1, 0.15) is 5.60 Å². The molecule has 2 atom stereocenters. The van der Waals surface area contributed by atoms with Gasteiger partial charge in [0.15, 0.2) is 0 Å². The zero-order valence-electron chi connectivity index (χ0n) is 20.1. The Labute approximate surface area is 213 Å². The molecule has 5 aromatic carbocycles. The molecule has 0 saturated carbocycles. The maximum absolute atomic E-state index is 12.6. The summed E-state index contributed by atoms with van der Waals surface area (Å²) in [6, 6.07) is 52.2. The molecule has 1 saturated heterocycles. The third-order valence-corrected chi connectivity index (χ3v) is 7.53. The van der Waals surface area contributed by atoms with E-state index in [4.69, 9.17) is 0 Å². The molecule has 1 N–H and O–H groups in total. The molecule has 1 aliphatic heterocycles. The van der Waals surface area contributed by atoms with Crippen LogP contribution in [0.2, 0.25) is 0 Å². The van der Waals surface area contributed by atoms with Crippen LogP contribution in [0.5, 0.6) is 0 Å². The van der Waals surface area contributed by atoms with Crippen molar-refractivity contribution in [3.63, 3.8) is 0 Å². The zero-order valence-corrected chi connectivity index (χ0v) is 20.1. The molecule has 1 heterocycles. The lowest BCUT2D eigenvalue weighted by Gasteiger charge is -2.40. The molecule has 0 radical (unpaired) electrons. The zero-order chi connectivity index (χ0) is 24.4. The highest BCUT2D eigenvalue weighted by Crippen LogP contribution is 2.53. The summed E-state index contributed by atoms with van der Waals surface area (Å²) in [6.07, 6.45) is 0. The molecule has 2 heteroatoms. The highest BCUT2D eigenvalue weighted by molar-refractivity contribution is 5.53. The van der Waals surface area contributed by atoms with Gasteiger partial charge in [0.25, 0.3) is 0 Å². The molecule has 2 nitrogen and oxygen atoms in total. The normalized spacial score (nSPS) is 17.5. The summed E-state index contributed by atoms with van der Waals surface area (Å²) in [7, 11) is 0. The van der Waals surface area contributed by atoms with Crippen molar-refractivity contribution in [3.8, 4) is 0 Å². The average Bonchev–Trinajstić information content (AvgIpc) is 3.78. The molecule has 5 aromatic rings. The minimum Gasteiger partial charge on any atom is -0.379 e. The van der Waals surface area contributed by atoms with Crippen molar-refractivity contribution >= 4 is 0 Å². The largest absolute Gasteiger partial charge is 0.379 e. The Balaban J connectivity index is 1.59. The molecule has 0 bridgehead atoms. The van der Waals surface area contributed by atoms with Gasteiger partial charge < -0.3 is 5.11 Å². The lowest BCUT2D eigenvalue weighted by Crippen LogP contribution is -2.44. The van der Waals surface area contributed by atoms with Crippen LogP contribution >= 0.6 is 0 Å². The predicted molar refractivity (Wildman–Crippen MR) is 146 cm³/mol. The molecule has 0 aromatic heterocycles. The van der Waals surface area contributed by atoms with Crippen molar-refractivity contribution in [2.45, 2.75) is 17.2 Å². The smallest absolute Gasteiger partial charge is 0.131 e. The number of hydrogen-bond acceptors (Lipinski definition) is 2. The van der Waals surface area contributed by atoms with Gasteiger partial charge >= 0.3 is 0 Å². The van der Waals surface area contributed by atoms with Gasteiger partial charge in [-0.1, -0.05) is 152 Å². The van der Waals surface area contributed by atoms with Crippen LogP contribution in [0.15, 0.2) is 152 Å². The first-order chi connectivity index (χ1) is 17.8. The van der Waals surface area contributed by atoms with E-state index < -0.39 is 11.1 Å². The number of nitrogens with zero attached hydrogens (tertiary/aromatic N) is 1. The predicted octanol–water partition coefficient (Wildman–Crippen LogP) is 6.60. The fourth-order valence-corrected chi connectivity index (χ4v) is 5.84. The van der Waals surface area contributed by atoms with E-state index in [2.05, 4.69) is 95.9 Å². The monoisotopic (exact) mass is 467 g/mol. The van der Waals surface area contributed by atoms with E-state index in [1.807, 2.05) is 60.7 Å². The van der Waals surface area contributed by atoms with Crippen molar-refractivity contribution in [2.24, 2.45) is 0 Å². The van der Waals surface area contributed by atoms with Crippen LogP contribution in [0.3, 0.4) is 0 Å². The van der Waals surface area contributed by atoms with Gasteiger partial charge in [0.2, 0.25) is 0 Å². The van der Waals surface area contributed by atoms with Crippen molar-refractivity contribution in [1.82, 2.24) is 4.90 Å². The van der Waals surface area contributed by atoms with Gasteiger partial charge in [0, 0.05) is 6.54 Å². The second-order valence-electron chi connectivity index (χ2n) is 9.48. The SMILES string of the molecule is OC(c1ccccc1)(c1ccccc1)[C@H]1CN1C(c1ccccc1)(c1ccccc1)c1ccccc1. The van der Waals surface area contributed by atoms with Gasteiger partial charge in [-0.3, -0.25) is 4.90 Å². The van der Waals surface area contributed by atoms with Crippen LogP contribution in [0, 0.1) is 0 Å². The van der Waals surface area contributed by atoms with Crippen LogP contribution < -0.4 is 0 Å². The number of aliphatic hydroxyl groups is 1. The summed E-state index contributed by atoms with van der Waals surface area (Å²) in [6.45, 7) is 0.749. The van der Waals surface area contributed by atoms with E-state index >= 15 is 0 Å². The van der Waals surface area contributed by atoms with E-state index in [1.165, 1.54) is 16.7 Å². The van der Waals surface area contributed by atoms with Gasteiger partial charge in [-0.15, -0.1) is 0 Å². The van der Waals surface area contributed by atoms with Gasteiger partial charge in [-0.2, -0.15) is 0 Å². The van der Waals surface area contributed by atoms with E-state index in [0.29, 0.717) is 0 Å².